The van der Waals surface area contributed by atoms with Gasteiger partial charge in [-0.15, -0.1) is 11.8 Å². The van der Waals surface area contributed by atoms with E-state index in [2.05, 4.69) is 0 Å². The van der Waals surface area contributed by atoms with Gasteiger partial charge in [-0.25, -0.2) is 4.79 Å². The fourth-order valence-corrected chi connectivity index (χ4v) is 2.25. The molecule has 0 saturated heterocycles. The number of hydrogen-bond donors (Lipinski definition) is 2. The van der Waals surface area contributed by atoms with Crippen LogP contribution in [0.1, 0.15) is 31.1 Å². The summed E-state index contributed by atoms with van der Waals surface area (Å²) in [5.41, 5.74) is 6.54. The lowest BCUT2D eigenvalue weighted by Gasteiger charge is -2.19. The van der Waals surface area contributed by atoms with Crippen LogP contribution in [0, 0.1) is 0 Å². The molecule has 0 radical (unpaired) electrons. The van der Waals surface area contributed by atoms with Crippen molar-refractivity contribution < 1.29 is 9.90 Å². The quantitative estimate of drug-likeness (QED) is 0.600. The van der Waals surface area contributed by atoms with Gasteiger partial charge < -0.3 is 10.8 Å². The van der Waals surface area contributed by atoms with E-state index in [9.17, 15) is 4.79 Å². The zero-order valence-corrected chi connectivity index (χ0v) is 9.89. The molecule has 0 spiro atoms. The molecule has 0 aliphatic heterocycles. The van der Waals surface area contributed by atoms with Gasteiger partial charge >= 0.3 is 5.97 Å². The van der Waals surface area contributed by atoms with Crippen LogP contribution in [0.3, 0.4) is 0 Å². The first-order chi connectivity index (χ1) is 6.79. The smallest absolute Gasteiger partial charge is 0.336 e. The summed E-state index contributed by atoms with van der Waals surface area (Å²) in [5.74, 6) is -0.915. The molecule has 0 bridgehead atoms. The first-order valence-electron chi connectivity index (χ1n) is 4.61. The maximum absolute atomic E-state index is 11.0. The van der Waals surface area contributed by atoms with E-state index in [-0.39, 0.29) is 4.75 Å². The average molecular weight is 225 g/mol. The minimum absolute atomic E-state index is 0.0298. The van der Waals surface area contributed by atoms with Gasteiger partial charge in [0.15, 0.2) is 0 Å². The molecule has 0 aliphatic rings. The highest BCUT2D eigenvalue weighted by Gasteiger charge is 2.17. The van der Waals surface area contributed by atoms with Gasteiger partial charge in [0.05, 0.1) is 5.56 Å². The third-order valence-electron chi connectivity index (χ3n) is 1.65. The summed E-state index contributed by atoms with van der Waals surface area (Å²) >= 11 is 1.51. The number of nitrogen functional groups attached to an aromatic ring is 1. The highest BCUT2D eigenvalue weighted by Crippen LogP contribution is 2.35. The van der Waals surface area contributed by atoms with Gasteiger partial charge in [-0.2, -0.15) is 0 Å². The Bertz CT molecular complexity index is 383. The molecule has 15 heavy (non-hydrogen) atoms. The van der Waals surface area contributed by atoms with Crippen LogP contribution in [0.5, 0.6) is 0 Å². The zero-order valence-electron chi connectivity index (χ0n) is 9.07. The number of rotatable bonds is 2. The minimum Gasteiger partial charge on any atom is -0.478 e. The van der Waals surface area contributed by atoms with Crippen molar-refractivity contribution in [1.82, 2.24) is 0 Å². The summed E-state index contributed by atoms with van der Waals surface area (Å²) in [6, 6.07) is 4.86. The Hall–Kier alpha value is -1.16. The third kappa shape index (κ3) is 3.47. The van der Waals surface area contributed by atoms with Crippen LogP contribution >= 0.6 is 11.8 Å². The topological polar surface area (TPSA) is 63.3 Å². The molecule has 0 amide bonds. The van der Waals surface area contributed by atoms with Crippen LogP contribution in [0.4, 0.5) is 5.69 Å². The first kappa shape index (κ1) is 11.9. The lowest BCUT2D eigenvalue weighted by atomic mass is 10.2. The maximum Gasteiger partial charge on any atom is 0.336 e. The van der Waals surface area contributed by atoms with Crippen molar-refractivity contribution in [2.75, 3.05) is 5.73 Å². The fraction of sp³-hybridized carbons (Fsp3) is 0.364. The summed E-state index contributed by atoms with van der Waals surface area (Å²) < 4.78 is -0.0298. The van der Waals surface area contributed by atoms with E-state index >= 15 is 0 Å². The van der Waals surface area contributed by atoms with Crippen molar-refractivity contribution >= 4 is 23.4 Å². The number of anilines is 1. The highest BCUT2D eigenvalue weighted by molar-refractivity contribution is 8.00. The molecule has 0 heterocycles. The predicted octanol–water partition coefficient (Wildman–Crippen LogP) is 2.86. The largest absolute Gasteiger partial charge is 0.478 e. The number of hydrogen-bond acceptors (Lipinski definition) is 3. The molecular weight excluding hydrogens is 210 g/mol. The Morgan fingerprint density at radius 3 is 2.47 bits per heavy atom. The third-order valence-corrected chi connectivity index (χ3v) is 2.82. The number of nitrogens with two attached hydrogens (primary N) is 1. The first-order valence-corrected chi connectivity index (χ1v) is 5.43. The Kier molecular flexibility index (Phi) is 3.29. The minimum atomic E-state index is -0.915. The van der Waals surface area contributed by atoms with E-state index in [1.807, 2.05) is 20.8 Å². The maximum atomic E-state index is 11.0. The average Bonchev–Trinajstić information content (AvgIpc) is 1.99. The van der Waals surface area contributed by atoms with Crippen LogP contribution in [0.25, 0.3) is 0 Å². The molecule has 0 unspecified atom stereocenters. The monoisotopic (exact) mass is 225 g/mol. The lowest BCUT2D eigenvalue weighted by Crippen LogP contribution is -2.09. The standard InChI is InChI=1S/C11H15NO2S/c1-11(2,3)15-9-6-7(12)4-5-8(9)10(13)14/h4-6H,12H2,1-3H3,(H,13,14). The van der Waals surface area contributed by atoms with E-state index in [1.165, 1.54) is 11.8 Å². The van der Waals surface area contributed by atoms with Gasteiger partial charge in [0.25, 0.3) is 0 Å². The number of benzene rings is 1. The molecule has 1 aromatic rings. The number of carboxylic acids is 1. The van der Waals surface area contributed by atoms with E-state index in [1.54, 1.807) is 18.2 Å². The molecule has 1 aromatic carbocycles. The summed E-state index contributed by atoms with van der Waals surface area (Å²) in [6.45, 7) is 6.10. The lowest BCUT2D eigenvalue weighted by molar-refractivity contribution is 0.0693. The summed E-state index contributed by atoms with van der Waals surface area (Å²) in [7, 11) is 0. The number of aromatic carboxylic acids is 1. The molecule has 0 aromatic heterocycles. The second-order valence-electron chi connectivity index (χ2n) is 4.28. The molecule has 1 rings (SSSR count). The number of carboxylic acid groups (broad SMARTS) is 1. The predicted molar refractivity (Wildman–Crippen MR) is 63.4 cm³/mol. The molecule has 0 fully saturated rings. The van der Waals surface area contributed by atoms with Crippen LogP contribution in [0.2, 0.25) is 0 Å². The van der Waals surface area contributed by atoms with Gasteiger partial charge in [0.1, 0.15) is 0 Å². The zero-order chi connectivity index (χ0) is 11.6. The molecule has 3 N–H and O–H groups in total. The van der Waals surface area contributed by atoms with E-state index in [4.69, 9.17) is 10.8 Å². The van der Waals surface area contributed by atoms with Crippen molar-refractivity contribution in [1.29, 1.82) is 0 Å². The van der Waals surface area contributed by atoms with Crippen molar-refractivity contribution in [3.63, 3.8) is 0 Å². The van der Waals surface area contributed by atoms with Gasteiger partial charge in [-0.05, 0) is 18.2 Å². The Labute approximate surface area is 93.7 Å². The second-order valence-corrected chi connectivity index (χ2v) is 6.14. The molecule has 0 saturated carbocycles. The summed E-state index contributed by atoms with van der Waals surface area (Å²) in [5, 5.41) is 9.00. The molecule has 82 valence electrons. The molecule has 0 atom stereocenters. The normalized spacial score (nSPS) is 11.4. The fourth-order valence-electron chi connectivity index (χ4n) is 1.13. The Morgan fingerprint density at radius 2 is 2.00 bits per heavy atom. The summed E-state index contributed by atoms with van der Waals surface area (Å²) in [4.78, 5) is 11.7. The van der Waals surface area contributed by atoms with Crippen LogP contribution < -0.4 is 5.73 Å². The highest BCUT2D eigenvalue weighted by atomic mass is 32.2. The van der Waals surface area contributed by atoms with E-state index < -0.39 is 5.97 Å². The number of carbonyl (C=O) groups is 1. The van der Waals surface area contributed by atoms with E-state index in [0.29, 0.717) is 11.3 Å². The second kappa shape index (κ2) is 4.14. The van der Waals surface area contributed by atoms with Crippen LogP contribution in [-0.4, -0.2) is 15.8 Å². The molecular formula is C11H15NO2S. The summed E-state index contributed by atoms with van der Waals surface area (Å²) in [6.07, 6.45) is 0. The molecule has 4 heteroatoms. The van der Waals surface area contributed by atoms with Gasteiger partial charge in [0.2, 0.25) is 0 Å². The van der Waals surface area contributed by atoms with Crippen molar-refractivity contribution in [3.05, 3.63) is 23.8 Å². The van der Waals surface area contributed by atoms with Gasteiger partial charge in [0, 0.05) is 15.3 Å². The molecule has 0 aliphatic carbocycles. The van der Waals surface area contributed by atoms with E-state index in [0.717, 1.165) is 4.90 Å². The SMILES string of the molecule is CC(C)(C)Sc1cc(N)ccc1C(=O)O. The van der Waals surface area contributed by atoms with Crippen molar-refractivity contribution in [3.8, 4) is 0 Å². The van der Waals surface area contributed by atoms with Crippen LogP contribution in [-0.2, 0) is 0 Å². The van der Waals surface area contributed by atoms with Gasteiger partial charge in [-0.1, -0.05) is 20.8 Å². The van der Waals surface area contributed by atoms with Crippen molar-refractivity contribution in [2.24, 2.45) is 0 Å². The van der Waals surface area contributed by atoms with Crippen LogP contribution in [0.15, 0.2) is 23.1 Å². The van der Waals surface area contributed by atoms with Gasteiger partial charge in [-0.3, -0.25) is 0 Å². The van der Waals surface area contributed by atoms with Crippen molar-refractivity contribution in [2.45, 2.75) is 30.4 Å². The number of thioether (sulfide) groups is 1. The Balaban J connectivity index is 3.13. The Morgan fingerprint density at radius 1 is 1.40 bits per heavy atom. The molecule has 3 nitrogen and oxygen atoms in total.